The van der Waals surface area contributed by atoms with Gasteiger partial charge < -0.3 is 4.90 Å². The fourth-order valence-electron chi connectivity index (χ4n) is 2.39. The second-order valence-electron chi connectivity index (χ2n) is 4.99. The summed E-state index contributed by atoms with van der Waals surface area (Å²) >= 11 is 1.60. The van der Waals surface area contributed by atoms with Gasteiger partial charge in [0.1, 0.15) is 10.5 Å². The topological polar surface area (TPSA) is 50.5 Å². The Hall–Kier alpha value is -2.34. The number of amides is 1. The highest BCUT2D eigenvalue weighted by atomic mass is 32.2. The lowest BCUT2D eigenvalue weighted by molar-refractivity contribution is 0.0769. The van der Waals surface area contributed by atoms with Gasteiger partial charge in [-0.1, -0.05) is 41.2 Å². The predicted octanol–water partition coefficient (Wildman–Crippen LogP) is 3.36. The van der Waals surface area contributed by atoms with Crippen molar-refractivity contribution in [2.45, 2.75) is 23.8 Å². The van der Waals surface area contributed by atoms with Crippen molar-refractivity contribution in [3.63, 3.8) is 0 Å². The zero-order chi connectivity index (χ0) is 16.2. The Balaban J connectivity index is 1.99. The molecule has 23 heavy (non-hydrogen) atoms. The highest BCUT2D eigenvalue weighted by molar-refractivity contribution is 7.99. The molecule has 0 aliphatic carbocycles. The van der Waals surface area contributed by atoms with Gasteiger partial charge in [0.15, 0.2) is 5.69 Å². The highest BCUT2D eigenvalue weighted by Crippen LogP contribution is 2.28. The molecule has 0 aliphatic rings. The van der Waals surface area contributed by atoms with Crippen molar-refractivity contribution in [2.24, 2.45) is 0 Å². The molecule has 0 spiro atoms. The third-order valence-corrected chi connectivity index (χ3v) is 4.65. The fourth-order valence-corrected chi connectivity index (χ4v) is 3.30. The van der Waals surface area contributed by atoms with E-state index >= 15 is 0 Å². The van der Waals surface area contributed by atoms with Crippen LogP contribution in [0.4, 0.5) is 0 Å². The van der Waals surface area contributed by atoms with Crippen LogP contribution in [0.5, 0.6) is 0 Å². The molecule has 0 bridgehead atoms. The highest BCUT2D eigenvalue weighted by Gasteiger charge is 2.20. The molecule has 3 aromatic rings. The lowest BCUT2D eigenvalue weighted by atomic mass is 10.3. The Bertz CT molecular complexity index is 812. The smallest absolute Gasteiger partial charge is 0.276 e. The Labute approximate surface area is 139 Å². The molecule has 0 saturated carbocycles. The van der Waals surface area contributed by atoms with Crippen LogP contribution in [0.3, 0.4) is 0 Å². The fraction of sp³-hybridized carbons (Fsp3) is 0.235. The van der Waals surface area contributed by atoms with E-state index in [1.165, 1.54) is 0 Å². The molecule has 3 rings (SSSR count). The minimum absolute atomic E-state index is 0.0770. The molecule has 118 valence electrons. The Morgan fingerprint density at radius 3 is 2.52 bits per heavy atom. The molecule has 1 aromatic carbocycles. The van der Waals surface area contributed by atoms with Crippen LogP contribution in [0.15, 0.2) is 58.5 Å². The Kier molecular flexibility index (Phi) is 4.62. The van der Waals surface area contributed by atoms with Crippen LogP contribution < -0.4 is 0 Å². The van der Waals surface area contributed by atoms with Gasteiger partial charge in [-0.15, -0.1) is 5.10 Å². The van der Waals surface area contributed by atoms with Crippen LogP contribution in [0.25, 0.3) is 5.52 Å². The summed E-state index contributed by atoms with van der Waals surface area (Å²) in [5, 5.41) is 9.24. The maximum absolute atomic E-state index is 12.6. The van der Waals surface area contributed by atoms with Gasteiger partial charge in [0.05, 0.1) is 0 Å². The number of carbonyl (C=O) groups excluding carboxylic acids is 1. The van der Waals surface area contributed by atoms with Crippen molar-refractivity contribution in [1.82, 2.24) is 19.7 Å². The maximum atomic E-state index is 12.6. The van der Waals surface area contributed by atoms with Gasteiger partial charge in [0.2, 0.25) is 0 Å². The van der Waals surface area contributed by atoms with Crippen LogP contribution in [0.1, 0.15) is 24.3 Å². The number of fused-ring (bicyclic) bond motifs is 1. The molecule has 0 atom stereocenters. The number of hydrogen-bond donors (Lipinski definition) is 0. The number of aromatic nitrogens is 3. The summed E-state index contributed by atoms with van der Waals surface area (Å²) in [5.41, 5.74) is 1.15. The summed E-state index contributed by atoms with van der Waals surface area (Å²) in [6, 6.07) is 15.9. The van der Waals surface area contributed by atoms with Gasteiger partial charge in [0, 0.05) is 18.0 Å². The monoisotopic (exact) mass is 326 g/mol. The summed E-state index contributed by atoms with van der Waals surface area (Å²) in [4.78, 5) is 15.4. The minimum atomic E-state index is -0.0770. The van der Waals surface area contributed by atoms with Gasteiger partial charge in [0.25, 0.3) is 5.91 Å². The van der Waals surface area contributed by atoms with Gasteiger partial charge in [-0.2, -0.15) is 0 Å². The second-order valence-corrected chi connectivity index (χ2v) is 6.09. The molecule has 0 N–H and O–H groups in total. The van der Waals surface area contributed by atoms with Crippen molar-refractivity contribution in [3.8, 4) is 0 Å². The Morgan fingerprint density at radius 1 is 1.09 bits per heavy atom. The number of nitrogens with zero attached hydrogens (tertiary/aromatic N) is 4. The molecular formula is C17H18N4OS. The van der Waals surface area contributed by atoms with Crippen LogP contribution >= 0.6 is 11.8 Å². The average molecular weight is 326 g/mol. The van der Waals surface area contributed by atoms with Crippen molar-refractivity contribution < 1.29 is 4.79 Å². The summed E-state index contributed by atoms with van der Waals surface area (Å²) in [5.74, 6) is -0.0770. The zero-order valence-electron chi connectivity index (χ0n) is 13.1. The standard InChI is InChI=1S/C17H18N4OS/c1-3-20(4-2)17(22)16-14-11-8-12-15(21(14)19-18-16)23-13-9-6-5-7-10-13/h5-12H,3-4H2,1-2H3. The van der Waals surface area contributed by atoms with E-state index in [4.69, 9.17) is 0 Å². The van der Waals surface area contributed by atoms with E-state index in [0.29, 0.717) is 18.8 Å². The van der Waals surface area contributed by atoms with Gasteiger partial charge in [-0.25, -0.2) is 4.52 Å². The van der Waals surface area contributed by atoms with Gasteiger partial charge in [-0.05, 0) is 38.1 Å². The molecule has 0 saturated heterocycles. The predicted molar refractivity (Wildman–Crippen MR) is 90.8 cm³/mol. The van der Waals surface area contributed by atoms with E-state index in [0.717, 1.165) is 15.4 Å². The quantitative estimate of drug-likeness (QED) is 0.721. The summed E-state index contributed by atoms with van der Waals surface area (Å²) in [6.45, 7) is 5.24. The van der Waals surface area contributed by atoms with Crippen LogP contribution in [0.2, 0.25) is 0 Å². The molecule has 5 nitrogen and oxygen atoms in total. The molecule has 6 heteroatoms. The number of pyridine rings is 1. The number of hydrogen-bond acceptors (Lipinski definition) is 4. The van der Waals surface area contributed by atoms with Crippen molar-refractivity contribution in [1.29, 1.82) is 0 Å². The molecule has 2 heterocycles. The van der Waals surface area contributed by atoms with Crippen molar-refractivity contribution in [2.75, 3.05) is 13.1 Å². The summed E-state index contributed by atoms with van der Waals surface area (Å²) in [7, 11) is 0. The van der Waals surface area contributed by atoms with E-state index in [1.807, 2.05) is 62.4 Å². The Morgan fingerprint density at radius 2 is 1.83 bits per heavy atom. The van der Waals surface area contributed by atoms with Gasteiger partial charge in [-0.3, -0.25) is 4.79 Å². The van der Waals surface area contributed by atoms with Crippen molar-refractivity contribution >= 4 is 23.2 Å². The summed E-state index contributed by atoms with van der Waals surface area (Å²) in [6.07, 6.45) is 0. The molecule has 0 unspecified atom stereocenters. The maximum Gasteiger partial charge on any atom is 0.276 e. The number of rotatable bonds is 5. The molecule has 0 fully saturated rings. The first-order valence-corrected chi connectivity index (χ1v) is 8.42. The SMILES string of the molecule is CCN(CC)C(=O)c1nnn2c(Sc3ccccc3)cccc12. The number of carbonyl (C=O) groups is 1. The third kappa shape index (κ3) is 3.07. The van der Waals surface area contributed by atoms with Crippen molar-refractivity contribution in [3.05, 3.63) is 54.2 Å². The first kappa shape index (κ1) is 15.6. The van der Waals surface area contributed by atoms with Crippen LogP contribution in [0, 0.1) is 0 Å². The van der Waals surface area contributed by atoms with E-state index in [2.05, 4.69) is 10.3 Å². The average Bonchev–Trinajstić information content (AvgIpc) is 3.02. The van der Waals surface area contributed by atoms with E-state index < -0.39 is 0 Å². The van der Waals surface area contributed by atoms with E-state index in [1.54, 1.807) is 21.2 Å². The minimum Gasteiger partial charge on any atom is -0.338 e. The first-order valence-electron chi connectivity index (χ1n) is 7.61. The molecule has 2 aromatic heterocycles. The lowest BCUT2D eigenvalue weighted by Gasteiger charge is -2.16. The first-order chi connectivity index (χ1) is 11.2. The summed E-state index contributed by atoms with van der Waals surface area (Å²) < 4.78 is 1.73. The number of benzene rings is 1. The third-order valence-electron chi connectivity index (χ3n) is 3.63. The second kappa shape index (κ2) is 6.83. The van der Waals surface area contributed by atoms with E-state index in [-0.39, 0.29) is 5.91 Å². The van der Waals surface area contributed by atoms with E-state index in [9.17, 15) is 4.79 Å². The molecule has 0 aliphatic heterocycles. The molecular weight excluding hydrogens is 308 g/mol. The molecule has 1 amide bonds. The normalized spacial score (nSPS) is 10.9. The lowest BCUT2D eigenvalue weighted by Crippen LogP contribution is -2.30. The van der Waals surface area contributed by atoms with Crippen LogP contribution in [-0.4, -0.2) is 38.7 Å². The zero-order valence-corrected chi connectivity index (χ0v) is 14.0. The van der Waals surface area contributed by atoms with Gasteiger partial charge >= 0.3 is 0 Å². The molecule has 0 radical (unpaired) electrons. The van der Waals surface area contributed by atoms with Crippen LogP contribution in [-0.2, 0) is 0 Å². The largest absolute Gasteiger partial charge is 0.338 e.